The molecule has 1 nitrogen and oxygen atoms in total. The van der Waals surface area contributed by atoms with Crippen molar-refractivity contribution in [1.82, 2.24) is 0 Å². The molecule has 0 bridgehead atoms. The summed E-state index contributed by atoms with van der Waals surface area (Å²) < 4.78 is 5.13. The number of hydrogen-bond donors (Lipinski definition) is 0. The van der Waals surface area contributed by atoms with Crippen molar-refractivity contribution >= 4 is 0 Å². The number of hydrogen-bond acceptors (Lipinski definition) is 1. The average Bonchev–Trinajstić information content (AvgIpc) is 1.66. The summed E-state index contributed by atoms with van der Waals surface area (Å²) in [6, 6.07) is 0. The normalized spacial score (nSPS) is 10.5. The van der Waals surface area contributed by atoms with E-state index in [0.29, 0.717) is 0 Å². The van der Waals surface area contributed by atoms with Gasteiger partial charge in [-0.1, -0.05) is 13.3 Å². The van der Waals surface area contributed by atoms with Gasteiger partial charge in [-0.15, -0.1) is 0 Å². The zero-order valence-electron chi connectivity index (χ0n) is 5.52. The molecule has 1 heteroatoms. The minimum absolute atomic E-state index is 0.126. The second-order valence-electron chi connectivity index (χ2n) is 1.89. The van der Waals surface area contributed by atoms with Gasteiger partial charge >= 0.3 is 0 Å². The van der Waals surface area contributed by atoms with Gasteiger partial charge < -0.3 is 4.74 Å². The van der Waals surface area contributed by atoms with Gasteiger partial charge in [-0.2, -0.15) is 0 Å². The number of unbranched alkanes of at least 4 members (excludes halogenated alkanes) is 1. The predicted octanol–water partition coefficient (Wildman–Crippen LogP) is 1.84. The summed E-state index contributed by atoms with van der Waals surface area (Å²) in [6.07, 6.45) is 2.12. The molecular weight excluding hydrogens is 100 g/mol. The molecule has 48 valence electrons. The summed E-state index contributed by atoms with van der Waals surface area (Å²) in [5.41, 5.74) is 0. The van der Waals surface area contributed by atoms with E-state index in [1.165, 1.54) is 0 Å². The van der Waals surface area contributed by atoms with E-state index in [-0.39, 0.29) is 6.10 Å². The van der Waals surface area contributed by atoms with Gasteiger partial charge in [0.15, 0.2) is 0 Å². The van der Waals surface area contributed by atoms with Crippen molar-refractivity contribution in [1.29, 1.82) is 0 Å². The van der Waals surface area contributed by atoms with Crippen molar-refractivity contribution in [2.75, 3.05) is 6.61 Å². The Kier molecular flexibility index (Phi) is 5.08. The molecule has 0 N–H and O–H groups in total. The maximum Gasteiger partial charge on any atom is 0.0547 e. The molecule has 0 aliphatic heterocycles. The zero-order valence-corrected chi connectivity index (χ0v) is 5.52. The van der Waals surface area contributed by atoms with Crippen molar-refractivity contribution in [2.45, 2.75) is 25.9 Å². The molecule has 0 aromatic carbocycles. The lowest BCUT2D eigenvalue weighted by Gasteiger charge is -2.04. The van der Waals surface area contributed by atoms with Gasteiger partial charge in [0.1, 0.15) is 0 Å². The van der Waals surface area contributed by atoms with Gasteiger partial charge in [-0.3, -0.25) is 0 Å². The van der Waals surface area contributed by atoms with E-state index in [9.17, 15) is 0 Å². The molecule has 1 atom stereocenters. The maximum absolute atomic E-state index is 5.13. The summed E-state index contributed by atoms with van der Waals surface area (Å²) in [5.74, 6) is 0. The highest BCUT2D eigenvalue weighted by Gasteiger charge is 1.89. The summed E-state index contributed by atoms with van der Waals surface area (Å²) in [4.78, 5) is 0. The first kappa shape index (κ1) is 7.96. The van der Waals surface area contributed by atoms with Crippen LogP contribution in [0.2, 0.25) is 0 Å². The van der Waals surface area contributed by atoms with Crippen LogP contribution in [0.25, 0.3) is 0 Å². The van der Waals surface area contributed by atoms with Crippen LogP contribution < -0.4 is 0 Å². The Labute approximate surface area is 52.0 Å². The summed E-state index contributed by atoms with van der Waals surface area (Å²) in [7, 11) is 0. The molecule has 0 rings (SSSR count). The number of rotatable bonds is 4. The minimum Gasteiger partial charge on any atom is -0.379 e. The Hall–Kier alpha value is -0.0400. The van der Waals surface area contributed by atoms with Gasteiger partial charge in [0.2, 0.25) is 0 Å². The molecule has 0 aliphatic rings. The molecule has 0 heterocycles. The summed E-state index contributed by atoms with van der Waals surface area (Å²) >= 11 is 0. The van der Waals surface area contributed by atoms with Crippen LogP contribution >= 0.6 is 0 Å². The smallest absolute Gasteiger partial charge is 0.0547 e. The molecule has 0 fully saturated rings. The van der Waals surface area contributed by atoms with E-state index >= 15 is 0 Å². The Morgan fingerprint density at radius 2 is 2.25 bits per heavy atom. The van der Waals surface area contributed by atoms with Gasteiger partial charge in [-0.25, -0.2) is 0 Å². The molecule has 1 unspecified atom stereocenters. The monoisotopic (exact) mass is 114 g/mol. The van der Waals surface area contributed by atoms with E-state index < -0.39 is 0 Å². The highest BCUT2D eigenvalue weighted by Crippen LogP contribution is 1.91. The van der Waals surface area contributed by atoms with Gasteiger partial charge in [0.25, 0.3) is 0 Å². The van der Waals surface area contributed by atoms with Crippen molar-refractivity contribution in [3.63, 3.8) is 0 Å². The molecular formula is C7H14O. The largest absolute Gasteiger partial charge is 0.379 e. The van der Waals surface area contributed by atoms with E-state index in [1.54, 1.807) is 0 Å². The van der Waals surface area contributed by atoms with Crippen LogP contribution in [0.15, 0.2) is 0 Å². The van der Waals surface area contributed by atoms with Gasteiger partial charge in [0, 0.05) is 6.61 Å². The van der Waals surface area contributed by atoms with Crippen LogP contribution in [-0.2, 0) is 4.74 Å². The van der Waals surface area contributed by atoms with Crippen molar-refractivity contribution in [3.05, 3.63) is 13.8 Å². The molecule has 0 aromatic rings. The van der Waals surface area contributed by atoms with Crippen LogP contribution in [0.1, 0.15) is 19.8 Å². The third-order valence-electron chi connectivity index (χ3n) is 0.797. The van der Waals surface area contributed by atoms with Gasteiger partial charge in [0.05, 0.1) is 6.10 Å². The lowest BCUT2D eigenvalue weighted by molar-refractivity contribution is 0.0941. The van der Waals surface area contributed by atoms with Crippen LogP contribution in [0.3, 0.4) is 0 Å². The molecule has 0 saturated carbocycles. The van der Waals surface area contributed by atoms with E-state index in [2.05, 4.69) is 13.8 Å². The van der Waals surface area contributed by atoms with E-state index in [1.807, 2.05) is 6.92 Å². The van der Waals surface area contributed by atoms with Gasteiger partial charge in [-0.05, 0) is 20.3 Å². The number of ether oxygens (including phenoxy) is 1. The maximum atomic E-state index is 5.13. The predicted molar refractivity (Wildman–Crippen MR) is 35.4 cm³/mol. The van der Waals surface area contributed by atoms with E-state index in [4.69, 9.17) is 4.74 Å². The topological polar surface area (TPSA) is 9.23 Å². The quantitative estimate of drug-likeness (QED) is 0.507. The summed E-state index contributed by atoms with van der Waals surface area (Å²) in [6.45, 7) is 10.1. The lowest BCUT2D eigenvalue weighted by atomic mass is 10.3. The fourth-order valence-corrected chi connectivity index (χ4v) is 0.387. The first-order chi connectivity index (χ1) is 3.77. The first-order valence-electron chi connectivity index (χ1n) is 3.01. The fraction of sp³-hybridized carbons (Fsp3) is 0.714. The highest BCUT2D eigenvalue weighted by atomic mass is 16.5. The Morgan fingerprint density at radius 3 is 2.62 bits per heavy atom. The molecule has 8 heavy (non-hydrogen) atoms. The molecule has 0 spiro atoms. The SMILES string of the molecule is [CH2]CCCOC([CH2])C. The molecule has 0 amide bonds. The Bertz CT molecular complexity index is 41.7. The summed E-state index contributed by atoms with van der Waals surface area (Å²) in [5, 5.41) is 0. The van der Waals surface area contributed by atoms with Crippen LogP contribution in [0.4, 0.5) is 0 Å². The molecule has 2 radical (unpaired) electrons. The zero-order chi connectivity index (χ0) is 6.41. The Balaban J connectivity index is 2.72. The fourth-order valence-electron chi connectivity index (χ4n) is 0.387. The van der Waals surface area contributed by atoms with Crippen molar-refractivity contribution < 1.29 is 4.74 Å². The lowest BCUT2D eigenvalue weighted by Crippen LogP contribution is -2.03. The highest BCUT2D eigenvalue weighted by molar-refractivity contribution is 4.49. The Morgan fingerprint density at radius 1 is 1.62 bits per heavy atom. The third kappa shape index (κ3) is 5.96. The molecule has 0 aromatic heterocycles. The van der Waals surface area contributed by atoms with Crippen LogP contribution in [0.5, 0.6) is 0 Å². The van der Waals surface area contributed by atoms with Crippen LogP contribution in [0, 0.1) is 13.8 Å². The first-order valence-corrected chi connectivity index (χ1v) is 3.01. The van der Waals surface area contributed by atoms with Crippen molar-refractivity contribution in [2.24, 2.45) is 0 Å². The third-order valence-corrected chi connectivity index (χ3v) is 0.797. The van der Waals surface area contributed by atoms with Crippen molar-refractivity contribution in [3.8, 4) is 0 Å². The standard InChI is InChI=1S/C7H14O/c1-4-5-6-8-7(2)3/h7H,1-2,4-6H2,3H3. The molecule has 0 saturated heterocycles. The average molecular weight is 114 g/mol. The van der Waals surface area contributed by atoms with Crippen LogP contribution in [-0.4, -0.2) is 12.7 Å². The second-order valence-corrected chi connectivity index (χ2v) is 1.89. The van der Waals surface area contributed by atoms with E-state index in [0.717, 1.165) is 19.4 Å². The molecule has 0 aliphatic carbocycles. The minimum atomic E-state index is 0.126. The second kappa shape index (κ2) is 5.10.